The summed E-state index contributed by atoms with van der Waals surface area (Å²) in [6.45, 7) is 2.45. The van der Waals surface area contributed by atoms with Crippen LogP contribution in [0.4, 0.5) is 4.79 Å². The Balaban J connectivity index is 2.68. The van der Waals surface area contributed by atoms with Gasteiger partial charge >= 0.3 is 12.0 Å². The van der Waals surface area contributed by atoms with E-state index in [1.54, 1.807) is 0 Å². The van der Waals surface area contributed by atoms with Gasteiger partial charge in [-0.05, 0) is 13.8 Å². The third-order valence-corrected chi connectivity index (χ3v) is 2.70. The highest BCUT2D eigenvalue weighted by atomic mass is 16.4. The van der Waals surface area contributed by atoms with Gasteiger partial charge in [-0.25, -0.2) is 9.59 Å². The molecule has 0 bridgehead atoms. The van der Waals surface area contributed by atoms with Crippen molar-refractivity contribution in [2.24, 2.45) is 0 Å². The number of aliphatic carboxylic acids is 1. The Kier molecular flexibility index (Phi) is 4.34. The number of terminal acetylenes is 1. The lowest BCUT2D eigenvalue weighted by molar-refractivity contribution is -0.142. The lowest BCUT2D eigenvalue weighted by atomic mass is 10.1. The zero-order valence-corrected chi connectivity index (χ0v) is 11.1. The molecule has 1 aliphatic heterocycles. The van der Waals surface area contributed by atoms with Gasteiger partial charge in [0, 0.05) is 6.42 Å². The summed E-state index contributed by atoms with van der Waals surface area (Å²) in [7, 11) is 0. The molecule has 0 spiro atoms. The van der Waals surface area contributed by atoms with Crippen LogP contribution in [0.2, 0.25) is 0 Å². The largest absolute Gasteiger partial charge is 0.480 e. The number of imide groups is 1. The van der Waals surface area contributed by atoms with Gasteiger partial charge in [0.2, 0.25) is 5.91 Å². The number of carboxylic acid groups (broad SMARTS) is 1. The topological polar surface area (TPSA) is 116 Å². The van der Waals surface area contributed by atoms with E-state index in [2.05, 4.69) is 16.6 Å². The monoisotopic (exact) mass is 281 g/mol. The van der Waals surface area contributed by atoms with E-state index in [0.717, 1.165) is 4.90 Å². The van der Waals surface area contributed by atoms with Gasteiger partial charge < -0.3 is 15.7 Å². The molecule has 0 aromatic rings. The van der Waals surface area contributed by atoms with Crippen molar-refractivity contribution >= 4 is 23.8 Å². The van der Waals surface area contributed by atoms with Crippen molar-refractivity contribution in [1.82, 2.24) is 15.5 Å². The quantitative estimate of drug-likeness (QED) is 0.437. The van der Waals surface area contributed by atoms with Gasteiger partial charge in [-0.3, -0.25) is 14.5 Å². The number of amides is 4. The number of nitrogens with zero attached hydrogens (tertiary/aromatic N) is 1. The number of hydrogen-bond acceptors (Lipinski definition) is 4. The summed E-state index contributed by atoms with van der Waals surface area (Å²) < 4.78 is 0. The Morgan fingerprint density at radius 1 is 1.50 bits per heavy atom. The van der Waals surface area contributed by atoms with Crippen LogP contribution in [0.25, 0.3) is 0 Å². The molecule has 0 aromatic heterocycles. The minimum atomic E-state index is -1.28. The minimum Gasteiger partial charge on any atom is -0.480 e. The van der Waals surface area contributed by atoms with Crippen LogP contribution in [0, 0.1) is 12.3 Å². The molecule has 8 nitrogen and oxygen atoms in total. The predicted molar refractivity (Wildman–Crippen MR) is 67.3 cm³/mol. The fraction of sp³-hybridized carbons (Fsp3) is 0.500. The molecule has 1 unspecified atom stereocenters. The average molecular weight is 281 g/mol. The van der Waals surface area contributed by atoms with E-state index in [4.69, 9.17) is 11.5 Å². The van der Waals surface area contributed by atoms with Crippen molar-refractivity contribution in [3.63, 3.8) is 0 Å². The zero-order valence-electron chi connectivity index (χ0n) is 11.1. The lowest BCUT2D eigenvalue weighted by Gasteiger charge is -2.17. The standard InChI is InChI=1S/C12H15N3O5/c1-4-5-7(9(17)18)13-8(16)6-15-10(19)12(2,3)14-11(15)20/h1,7H,5-6H2,2-3H3,(H,13,16)(H,14,20)(H,17,18). The molecule has 0 aliphatic carbocycles. The Labute approximate surface area is 115 Å². The molecule has 3 N–H and O–H groups in total. The minimum absolute atomic E-state index is 0.188. The molecule has 20 heavy (non-hydrogen) atoms. The summed E-state index contributed by atoms with van der Waals surface area (Å²) in [5.41, 5.74) is -1.08. The molecule has 0 saturated carbocycles. The number of carbonyl (C=O) groups excluding carboxylic acids is 3. The van der Waals surface area contributed by atoms with E-state index in [1.165, 1.54) is 13.8 Å². The van der Waals surface area contributed by atoms with Crippen LogP contribution < -0.4 is 10.6 Å². The summed E-state index contributed by atoms with van der Waals surface area (Å²) in [6.07, 6.45) is 4.81. The molecule has 1 heterocycles. The van der Waals surface area contributed by atoms with E-state index in [-0.39, 0.29) is 6.42 Å². The SMILES string of the molecule is C#CCC(NC(=O)CN1C(=O)NC(C)(C)C1=O)C(=O)O. The van der Waals surface area contributed by atoms with Crippen LogP contribution >= 0.6 is 0 Å². The van der Waals surface area contributed by atoms with Gasteiger partial charge in [0.1, 0.15) is 18.1 Å². The zero-order chi connectivity index (χ0) is 15.5. The Morgan fingerprint density at radius 3 is 2.50 bits per heavy atom. The molecule has 1 saturated heterocycles. The molecule has 1 rings (SSSR count). The van der Waals surface area contributed by atoms with Gasteiger partial charge in [-0.1, -0.05) is 0 Å². The molecular weight excluding hydrogens is 266 g/mol. The Morgan fingerprint density at radius 2 is 2.10 bits per heavy atom. The fourth-order valence-electron chi connectivity index (χ4n) is 1.66. The summed E-state index contributed by atoms with van der Waals surface area (Å²) in [6, 6.07) is -1.94. The maximum Gasteiger partial charge on any atom is 0.327 e. The number of nitrogens with one attached hydrogen (secondary N) is 2. The summed E-state index contributed by atoms with van der Waals surface area (Å²) in [4.78, 5) is 46.6. The molecule has 0 radical (unpaired) electrons. The Bertz CT molecular complexity index is 506. The van der Waals surface area contributed by atoms with Gasteiger partial charge in [0.15, 0.2) is 0 Å². The first-order valence-corrected chi connectivity index (χ1v) is 5.78. The third kappa shape index (κ3) is 3.26. The van der Waals surface area contributed by atoms with E-state index in [1.807, 2.05) is 0 Å². The summed E-state index contributed by atoms with van der Waals surface area (Å²) in [5, 5.41) is 13.4. The van der Waals surface area contributed by atoms with Crippen LogP contribution in [-0.4, -0.2) is 51.9 Å². The lowest BCUT2D eigenvalue weighted by Crippen LogP contribution is -2.47. The number of carboxylic acids is 1. The molecule has 4 amide bonds. The van der Waals surface area contributed by atoms with Crippen molar-refractivity contribution in [3.05, 3.63) is 0 Å². The first-order valence-electron chi connectivity index (χ1n) is 5.78. The molecule has 1 aliphatic rings. The van der Waals surface area contributed by atoms with Crippen LogP contribution in [0.3, 0.4) is 0 Å². The van der Waals surface area contributed by atoms with Crippen LogP contribution in [0.1, 0.15) is 20.3 Å². The average Bonchev–Trinajstić information content (AvgIpc) is 2.51. The second kappa shape index (κ2) is 5.61. The molecule has 8 heteroatoms. The van der Waals surface area contributed by atoms with E-state index < -0.39 is 41.9 Å². The highest BCUT2D eigenvalue weighted by Gasteiger charge is 2.45. The first kappa shape index (κ1) is 15.5. The van der Waals surface area contributed by atoms with E-state index in [9.17, 15) is 19.2 Å². The number of hydrogen-bond donors (Lipinski definition) is 3. The maximum absolute atomic E-state index is 11.8. The van der Waals surface area contributed by atoms with Gasteiger partial charge in [0.05, 0.1) is 0 Å². The summed E-state index contributed by atoms with van der Waals surface area (Å²) >= 11 is 0. The normalized spacial score (nSPS) is 18.1. The second-order valence-corrected chi connectivity index (χ2v) is 4.81. The van der Waals surface area contributed by atoms with Gasteiger partial charge in [-0.15, -0.1) is 12.3 Å². The molecule has 0 aromatic carbocycles. The number of rotatable bonds is 5. The van der Waals surface area contributed by atoms with Crippen LogP contribution in [0.5, 0.6) is 0 Å². The van der Waals surface area contributed by atoms with Crippen molar-refractivity contribution < 1.29 is 24.3 Å². The maximum atomic E-state index is 11.8. The Hall–Kier alpha value is -2.56. The predicted octanol–water partition coefficient (Wildman–Crippen LogP) is -1.09. The number of urea groups is 1. The van der Waals surface area contributed by atoms with E-state index in [0.29, 0.717) is 0 Å². The van der Waals surface area contributed by atoms with E-state index >= 15 is 0 Å². The highest BCUT2D eigenvalue weighted by Crippen LogP contribution is 2.15. The first-order chi connectivity index (χ1) is 9.19. The second-order valence-electron chi connectivity index (χ2n) is 4.81. The fourth-order valence-corrected chi connectivity index (χ4v) is 1.66. The molecule has 108 valence electrons. The van der Waals surface area contributed by atoms with Crippen molar-refractivity contribution in [2.75, 3.05) is 6.54 Å². The van der Waals surface area contributed by atoms with Crippen molar-refractivity contribution in [2.45, 2.75) is 31.8 Å². The molecule has 1 atom stereocenters. The molecular formula is C12H15N3O5. The van der Waals surface area contributed by atoms with Crippen LogP contribution in [-0.2, 0) is 14.4 Å². The van der Waals surface area contributed by atoms with Crippen molar-refractivity contribution in [1.29, 1.82) is 0 Å². The van der Waals surface area contributed by atoms with Crippen LogP contribution in [0.15, 0.2) is 0 Å². The van der Waals surface area contributed by atoms with Crippen molar-refractivity contribution in [3.8, 4) is 12.3 Å². The number of carbonyl (C=O) groups is 4. The van der Waals surface area contributed by atoms with Gasteiger partial charge in [0.25, 0.3) is 5.91 Å². The van der Waals surface area contributed by atoms with Gasteiger partial charge in [-0.2, -0.15) is 0 Å². The summed E-state index contributed by atoms with van der Waals surface area (Å²) in [5.74, 6) is -0.484. The third-order valence-electron chi connectivity index (χ3n) is 2.70. The molecule has 1 fully saturated rings. The smallest absolute Gasteiger partial charge is 0.327 e. The highest BCUT2D eigenvalue weighted by molar-refractivity contribution is 6.08.